The number of aromatic nitrogens is 2. The first kappa shape index (κ1) is 21.3. The minimum Gasteiger partial charge on any atom is -0.484 e. The fraction of sp³-hybridized carbons (Fsp3) is 0.0909. The summed E-state index contributed by atoms with van der Waals surface area (Å²) in [7, 11) is 0. The maximum Gasteiger partial charge on any atom is 0.292 e. The number of hydrogen-bond acceptors (Lipinski definition) is 4. The number of furan rings is 1. The highest BCUT2D eigenvalue weighted by Gasteiger charge is 2.14. The van der Waals surface area contributed by atoms with Gasteiger partial charge in [0.1, 0.15) is 18.1 Å². The predicted octanol–water partition coefficient (Wildman–Crippen LogP) is 6.32. The second kappa shape index (κ2) is 9.47. The molecule has 0 radical (unpaired) electrons. The number of rotatable bonds is 7. The van der Waals surface area contributed by atoms with Gasteiger partial charge in [0.25, 0.3) is 5.91 Å². The van der Waals surface area contributed by atoms with Crippen LogP contribution in [0.15, 0.2) is 71.3 Å². The maximum absolute atomic E-state index is 12.5. The summed E-state index contributed by atoms with van der Waals surface area (Å²) in [5, 5.41) is 8.66. The van der Waals surface area contributed by atoms with E-state index in [1.807, 2.05) is 18.2 Å². The number of carbonyl (C=O) groups is 1. The number of ether oxygens (including phenoxy) is 1. The van der Waals surface area contributed by atoms with Crippen molar-refractivity contribution in [2.75, 3.05) is 5.32 Å². The molecule has 9 heteroatoms. The molecule has 31 heavy (non-hydrogen) atoms. The lowest BCUT2D eigenvalue weighted by Crippen LogP contribution is -2.12. The topological polar surface area (TPSA) is 69.3 Å². The van der Waals surface area contributed by atoms with Crippen molar-refractivity contribution in [2.24, 2.45) is 0 Å². The van der Waals surface area contributed by atoms with Crippen molar-refractivity contribution in [2.45, 2.75) is 13.2 Å². The summed E-state index contributed by atoms with van der Waals surface area (Å²) in [4.78, 5) is 12.5. The normalized spacial score (nSPS) is 10.8. The van der Waals surface area contributed by atoms with E-state index < -0.39 is 5.91 Å². The number of carbonyl (C=O) groups excluding carboxylic acids is 1. The van der Waals surface area contributed by atoms with Gasteiger partial charge in [-0.1, -0.05) is 53.0 Å². The standard InChI is InChI=1S/C22H16Cl3N3O3/c23-15-6-5-14(18(25)11-15)12-28-10-9-21(27-28)26-22(29)20-8-7-16(31-20)13-30-19-4-2-1-3-17(19)24/h1-11H,12-13H2,(H,26,27,29). The molecule has 2 aromatic heterocycles. The Kier molecular flexibility index (Phi) is 6.51. The first-order valence-corrected chi connectivity index (χ1v) is 10.4. The average molecular weight is 477 g/mol. The summed E-state index contributed by atoms with van der Waals surface area (Å²) in [6.45, 7) is 0.587. The van der Waals surface area contributed by atoms with Gasteiger partial charge in [-0.2, -0.15) is 5.10 Å². The maximum atomic E-state index is 12.5. The highest BCUT2D eigenvalue weighted by atomic mass is 35.5. The Balaban J connectivity index is 1.35. The molecule has 2 heterocycles. The third kappa shape index (κ3) is 5.41. The molecule has 0 atom stereocenters. The van der Waals surface area contributed by atoms with Crippen LogP contribution in [0, 0.1) is 0 Å². The summed E-state index contributed by atoms with van der Waals surface area (Å²) in [5.41, 5.74) is 0.862. The van der Waals surface area contributed by atoms with Crippen LogP contribution in [-0.2, 0) is 13.2 Å². The molecule has 0 unspecified atom stereocenters. The molecule has 1 N–H and O–H groups in total. The van der Waals surface area contributed by atoms with E-state index in [-0.39, 0.29) is 12.4 Å². The third-order valence-corrected chi connectivity index (χ3v) is 5.22. The Hall–Kier alpha value is -2.93. The van der Waals surface area contributed by atoms with Crippen molar-refractivity contribution in [3.05, 3.63) is 99.0 Å². The third-order valence-electron chi connectivity index (χ3n) is 4.32. The van der Waals surface area contributed by atoms with Gasteiger partial charge in [-0.3, -0.25) is 9.48 Å². The number of amides is 1. The van der Waals surface area contributed by atoms with E-state index in [0.29, 0.717) is 38.9 Å². The molecule has 0 saturated heterocycles. The van der Waals surface area contributed by atoms with Crippen LogP contribution in [0.2, 0.25) is 15.1 Å². The zero-order valence-electron chi connectivity index (χ0n) is 16.0. The molecular formula is C22H16Cl3N3O3. The predicted molar refractivity (Wildman–Crippen MR) is 120 cm³/mol. The fourth-order valence-corrected chi connectivity index (χ4v) is 3.47. The minimum absolute atomic E-state index is 0.146. The van der Waals surface area contributed by atoms with E-state index in [4.69, 9.17) is 44.0 Å². The molecule has 0 fully saturated rings. The van der Waals surface area contributed by atoms with Gasteiger partial charge in [-0.15, -0.1) is 0 Å². The highest BCUT2D eigenvalue weighted by molar-refractivity contribution is 6.35. The van der Waals surface area contributed by atoms with Crippen LogP contribution in [0.25, 0.3) is 0 Å². The van der Waals surface area contributed by atoms with Crippen molar-refractivity contribution in [1.82, 2.24) is 9.78 Å². The van der Waals surface area contributed by atoms with Gasteiger partial charge in [-0.25, -0.2) is 0 Å². The number of nitrogens with one attached hydrogen (secondary N) is 1. The van der Waals surface area contributed by atoms with Crippen LogP contribution >= 0.6 is 34.8 Å². The van der Waals surface area contributed by atoms with Crippen LogP contribution in [-0.4, -0.2) is 15.7 Å². The molecule has 0 aliphatic rings. The Morgan fingerprint density at radius 1 is 1.03 bits per heavy atom. The highest BCUT2D eigenvalue weighted by Crippen LogP contribution is 2.25. The van der Waals surface area contributed by atoms with E-state index in [1.165, 1.54) is 0 Å². The summed E-state index contributed by atoms with van der Waals surface area (Å²) in [5.74, 6) is 1.15. The largest absolute Gasteiger partial charge is 0.484 e. The summed E-state index contributed by atoms with van der Waals surface area (Å²) in [6.07, 6.45) is 1.74. The van der Waals surface area contributed by atoms with Gasteiger partial charge >= 0.3 is 0 Å². The van der Waals surface area contributed by atoms with Crippen LogP contribution in [0.3, 0.4) is 0 Å². The molecule has 0 aliphatic carbocycles. The van der Waals surface area contributed by atoms with E-state index in [9.17, 15) is 4.79 Å². The molecule has 2 aromatic carbocycles. The Bertz CT molecular complexity index is 1220. The van der Waals surface area contributed by atoms with Gasteiger partial charge in [0.15, 0.2) is 11.6 Å². The van der Waals surface area contributed by atoms with E-state index in [0.717, 1.165) is 5.56 Å². The van der Waals surface area contributed by atoms with Crippen molar-refractivity contribution < 1.29 is 13.9 Å². The number of halogens is 3. The summed E-state index contributed by atoms with van der Waals surface area (Å²) < 4.78 is 12.8. The van der Waals surface area contributed by atoms with Crippen LogP contribution < -0.4 is 10.1 Å². The van der Waals surface area contributed by atoms with Crippen molar-refractivity contribution >= 4 is 46.5 Å². The summed E-state index contributed by atoms with van der Waals surface area (Å²) in [6, 6.07) is 17.3. The van der Waals surface area contributed by atoms with E-state index in [1.54, 1.807) is 53.3 Å². The summed E-state index contributed by atoms with van der Waals surface area (Å²) >= 11 is 18.2. The van der Waals surface area contributed by atoms with Gasteiger partial charge < -0.3 is 14.5 Å². The molecule has 4 aromatic rings. The molecule has 6 nitrogen and oxygen atoms in total. The number of hydrogen-bond donors (Lipinski definition) is 1. The van der Waals surface area contributed by atoms with Crippen molar-refractivity contribution in [3.8, 4) is 5.75 Å². The van der Waals surface area contributed by atoms with Gasteiger partial charge in [0.05, 0.1) is 11.6 Å². The lowest BCUT2D eigenvalue weighted by Gasteiger charge is -2.06. The monoisotopic (exact) mass is 475 g/mol. The number of nitrogens with zero attached hydrogens (tertiary/aromatic N) is 2. The molecule has 1 amide bonds. The number of para-hydroxylation sites is 1. The molecule has 0 bridgehead atoms. The number of benzene rings is 2. The minimum atomic E-state index is -0.418. The zero-order valence-corrected chi connectivity index (χ0v) is 18.3. The molecule has 0 aliphatic heterocycles. The lowest BCUT2D eigenvalue weighted by atomic mass is 10.2. The van der Waals surface area contributed by atoms with Gasteiger partial charge in [-0.05, 0) is 42.0 Å². The van der Waals surface area contributed by atoms with Gasteiger partial charge in [0, 0.05) is 22.3 Å². The Morgan fingerprint density at radius 3 is 2.68 bits per heavy atom. The fourth-order valence-electron chi connectivity index (χ4n) is 2.81. The van der Waals surface area contributed by atoms with Crippen molar-refractivity contribution in [3.63, 3.8) is 0 Å². The van der Waals surface area contributed by atoms with Crippen molar-refractivity contribution in [1.29, 1.82) is 0 Å². The molecule has 0 spiro atoms. The first-order chi connectivity index (χ1) is 15.0. The quantitative estimate of drug-likeness (QED) is 0.339. The number of anilines is 1. The molecule has 158 valence electrons. The lowest BCUT2D eigenvalue weighted by molar-refractivity contribution is 0.0992. The second-order valence-corrected chi connectivity index (χ2v) is 7.82. The van der Waals surface area contributed by atoms with Gasteiger partial charge in [0.2, 0.25) is 0 Å². The average Bonchev–Trinajstić information content (AvgIpc) is 3.39. The molecular weight excluding hydrogens is 461 g/mol. The zero-order chi connectivity index (χ0) is 21.8. The second-order valence-electron chi connectivity index (χ2n) is 6.57. The van der Waals surface area contributed by atoms with E-state index in [2.05, 4.69) is 10.4 Å². The smallest absolute Gasteiger partial charge is 0.292 e. The first-order valence-electron chi connectivity index (χ1n) is 9.23. The van der Waals surface area contributed by atoms with Crippen LogP contribution in [0.1, 0.15) is 21.9 Å². The van der Waals surface area contributed by atoms with Crippen LogP contribution in [0.5, 0.6) is 5.75 Å². The SMILES string of the molecule is O=C(Nc1ccn(Cc2ccc(Cl)cc2Cl)n1)c1ccc(COc2ccccc2Cl)o1. The van der Waals surface area contributed by atoms with Crippen LogP contribution in [0.4, 0.5) is 5.82 Å². The molecule has 0 saturated carbocycles. The van der Waals surface area contributed by atoms with E-state index >= 15 is 0 Å². The molecule has 4 rings (SSSR count). The Labute approximate surface area is 193 Å². The Morgan fingerprint density at radius 2 is 1.87 bits per heavy atom.